The molecule has 0 saturated carbocycles. The Labute approximate surface area is 171 Å². The summed E-state index contributed by atoms with van der Waals surface area (Å²) < 4.78 is 24.4. The zero-order valence-electron chi connectivity index (χ0n) is 16.4. The maximum Gasteiger partial charge on any atom is 0.260 e. The third-order valence-electron chi connectivity index (χ3n) is 4.83. The summed E-state index contributed by atoms with van der Waals surface area (Å²) in [5.41, 5.74) is 3.84. The van der Waals surface area contributed by atoms with Crippen LogP contribution in [0.3, 0.4) is 0 Å². The fourth-order valence-corrected chi connectivity index (χ4v) is 4.63. The van der Waals surface area contributed by atoms with Crippen LogP contribution in [0.5, 0.6) is 11.5 Å². The van der Waals surface area contributed by atoms with Gasteiger partial charge in [-0.25, -0.2) is 4.68 Å². The van der Waals surface area contributed by atoms with Crippen LogP contribution in [0, 0.1) is 6.92 Å². The van der Waals surface area contributed by atoms with Crippen molar-refractivity contribution in [3.8, 4) is 17.2 Å². The predicted molar refractivity (Wildman–Crippen MR) is 111 cm³/mol. The van der Waals surface area contributed by atoms with Gasteiger partial charge in [-0.1, -0.05) is 23.8 Å². The van der Waals surface area contributed by atoms with Gasteiger partial charge in [0.1, 0.15) is 5.82 Å². The van der Waals surface area contributed by atoms with E-state index in [1.807, 2.05) is 31.2 Å². The highest BCUT2D eigenvalue weighted by molar-refractivity contribution is 7.83. The van der Waals surface area contributed by atoms with Crippen LogP contribution in [0.1, 0.15) is 27.2 Å². The van der Waals surface area contributed by atoms with Crippen LogP contribution in [0.25, 0.3) is 5.69 Å². The lowest BCUT2D eigenvalue weighted by atomic mass is 10.1. The smallest absolute Gasteiger partial charge is 0.260 e. The Morgan fingerprint density at radius 2 is 1.86 bits per heavy atom. The first-order valence-corrected chi connectivity index (χ1v) is 10.6. The number of hydrogen-bond acceptors (Lipinski definition) is 5. The fraction of sp³-hybridized carbons (Fsp3) is 0.238. The number of methoxy groups -OCH3 is 2. The average Bonchev–Trinajstić information content (AvgIpc) is 3.24. The number of carbonyl (C=O) groups is 1. The van der Waals surface area contributed by atoms with E-state index >= 15 is 0 Å². The monoisotopic (exact) mass is 411 g/mol. The number of rotatable bonds is 5. The number of benzene rings is 2. The minimum absolute atomic E-state index is 0.344. The number of anilines is 1. The molecular weight excluding hydrogens is 390 g/mol. The molecule has 8 heteroatoms. The van der Waals surface area contributed by atoms with E-state index in [0.29, 0.717) is 34.4 Å². The van der Waals surface area contributed by atoms with Gasteiger partial charge in [0.05, 0.1) is 42.7 Å². The number of aromatic nitrogens is 2. The third-order valence-corrected chi connectivity index (χ3v) is 6.03. The van der Waals surface area contributed by atoms with Crippen molar-refractivity contribution in [2.24, 2.45) is 0 Å². The molecule has 2 aromatic carbocycles. The van der Waals surface area contributed by atoms with E-state index in [-0.39, 0.29) is 5.91 Å². The van der Waals surface area contributed by atoms with Crippen LogP contribution in [-0.4, -0.2) is 34.1 Å². The summed E-state index contributed by atoms with van der Waals surface area (Å²) in [7, 11) is 2.01. The fourth-order valence-electron chi connectivity index (χ4n) is 3.37. The molecule has 1 aliphatic rings. The molecule has 0 bridgehead atoms. The number of carbonyl (C=O) groups excluding carboxylic acids is 1. The maximum atomic E-state index is 13.1. The van der Waals surface area contributed by atoms with Crippen LogP contribution in [0.4, 0.5) is 5.82 Å². The highest BCUT2D eigenvalue weighted by Crippen LogP contribution is 2.34. The van der Waals surface area contributed by atoms with Gasteiger partial charge in [-0.3, -0.25) is 9.00 Å². The standard InChI is InChI=1S/C21H21N3O4S/c1-13-7-9-14(10-8-13)24-20(16-11-29(26)12-17(16)23-24)22-21(25)15-5-4-6-18(27-2)19(15)28-3/h4-10H,11-12H2,1-3H3,(H,22,25). The van der Waals surface area contributed by atoms with E-state index in [1.54, 1.807) is 22.9 Å². The summed E-state index contributed by atoms with van der Waals surface area (Å²) in [6.45, 7) is 2.01. The Balaban J connectivity index is 1.76. The van der Waals surface area contributed by atoms with Crippen molar-refractivity contribution < 1.29 is 18.5 Å². The summed E-state index contributed by atoms with van der Waals surface area (Å²) in [6, 6.07) is 13.0. The number of aryl methyl sites for hydroxylation is 1. The number of nitrogens with one attached hydrogen (secondary N) is 1. The zero-order chi connectivity index (χ0) is 20.5. The highest BCUT2D eigenvalue weighted by Gasteiger charge is 2.29. The number of para-hydroxylation sites is 1. The van der Waals surface area contributed by atoms with Crippen molar-refractivity contribution in [3.05, 3.63) is 64.8 Å². The van der Waals surface area contributed by atoms with Crippen LogP contribution >= 0.6 is 0 Å². The molecule has 1 atom stereocenters. The van der Waals surface area contributed by atoms with Gasteiger partial charge in [0.15, 0.2) is 11.5 Å². The number of nitrogens with zero attached hydrogens (tertiary/aromatic N) is 2. The van der Waals surface area contributed by atoms with Gasteiger partial charge < -0.3 is 14.8 Å². The summed E-state index contributed by atoms with van der Waals surface area (Å²) in [6.07, 6.45) is 0. The van der Waals surface area contributed by atoms with Crippen LogP contribution in [-0.2, 0) is 22.3 Å². The molecule has 1 N–H and O–H groups in total. The maximum absolute atomic E-state index is 13.1. The van der Waals surface area contributed by atoms with E-state index in [4.69, 9.17) is 9.47 Å². The van der Waals surface area contributed by atoms with E-state index in [2.05, 4.69) is 10.4 Å². The van der Waals surface area contributed by atoms with E-state index in [9.17, 15) is 9.00 Å². The molecule has 2 heterocycles. The summed E-state index contributed by atoms with van der Waals surface area (Å²) in [5.74, 6) is 1.76. The zero-order valence-corrected chi connectivity index (χ0v) is 17.2. The summed E-state index contributed by atoms with van der Waals surface area (Å²) >= 11 is 0. The second kappa shape index (κ2) is 7.71. The Hall–Kier alpha value is -3.13. The number of ether oxygens (including phenoxy) is 2. The lowest BCUT2D eigenvalue weighted by Gasteiger charge is -2.14. The molecule has 150 valence electrons. The lowest BCUT2D eigenvalue weighted by Crippen LogP contribution is -2.17. The van der Waals surface area contributed by atoms with Gasteiger partial charge in [0.25, 0.3) is 5.91 Å². The first-order valence-electron chi connectivity index (χ1n) is 9.07. The molecule has 1 aliphatic heterocycles. The van der Waals surface area contributed by atoms with Crippen molar-refractivity contribution in [1.82, 2.24) is 9.78 Å². The van der Waals surface area contributed by atoms with E-state index in [0.717, 1.165) is 22.5 Å². The Kier molecular flexibility index (Phi) is 5.10. The van der Waals surface area contributed by atoms with Crippen molar-refractivity contribution in [3.63, 3.8) is 0 Å². The molecule has 29 heavy (non-hydrogen) atoms. The molecule has 4 rings (SSSR count). The molecule has 1 aromatic heterocycles. The van der Waals surface area contributed by atoms with Crippen molar-refractivity contribution in [2.45, 2.75) is 18.4 Å². The highest BCUT2D eigenvalue weighted by atomic mass is 32.2. The van der Waals surface area contributed by atoms with Gasteiger partial charge in [0.2, 0.25) is 0 Å². The second-order valence-electron chi connectivity index (χ2n) is 6.74. The molecule has 0 saturated heterocycles. The molecule has 0 radical (unpaired) electrons. The molecule has 7 nitrogen and oxygen atoms in total. The van der Waals surface area contributed by atoms with Crippen molar-refractivity contribution >= 4 is 22.5 Å². The first-order chi connectivity index (χ1) is 14.0. The second-order valence-corrected chi connectivity index (χ2v) is 8.20. The van der Waals surface area contributed by atoms with Crippen molar-refractivity contribution in [1.29, 1.82) is 0 Å². The number of fused-ring (bicyclic) bond motifs is 1. The normalized spacial score (nSPS) is 15.1. The minimum Gasteiger partial charge on any atom is -0.493 e. The third kappa shape index (κ3) is 3.51. The van der Waals surface area contributed by atoms with Gasteiger partial charge >= 0.3 is 0 Å². The van der Waals surface area contributed by atoms with Gasteiger partial charge in [-0.05, 0) is 31.2 Å². The molecule has 1 unspecified atom stereocenters. The predicted octanol–water partition coefficient (Wildman–Crippen LogP) is 3.21. The Morgan fingerprint density at radius 3 is 2.55 bits per heavy atom. The van der Waals surface area contributed by atoms with Crippen LogP contribution < -0.4 is 14.8 Å². The number of amides is 1. The summed E-state index contributed by atoms with van der Waals surface area (Å²) in [4.78, 5) is 13.1. The lowest BCUT2D eigenvalue weighted by molar-refractivity contribution is 0.102. The first kappa shape index (κ1) is 19.2. The Bertz CT molecular complexity index is 1110. The van der Waals surface area contributed by atoms with Crippen LogP contribution in [0.2, 0.25) is 0 Å². The van der Waals surface area contributed by atoms with E-state index < -0.39 is 10.8 Å². The van der Waals surface area contributed by atoms with Gasteiger partial charge in [-0.15, -0.1) is 0 Å². The van der Waals surface area contributed by atoms with Crippen molar-refractivity contribution in [2.75, 3.05) is 19.5 Å². The quantitative estimate of drug-likeness (QED) is 0.697. The minimum atomic E-state index is -1.01. The van der Waals surface area contributed by atoms with E-state index in [1.165, 1.54) is 14.2 Å². The number of hydrogen-bond donors (Lipinski definition) is 1. The van der Waals surface area contributed by atoms with Gasteiger partial charge in [-0.2, -0.15) is 5.10 Å². The largest absolute Gasteiger partial charge is 0.493 e. The topological polar surface area (TPSA) is 82.5 Å². The molecule has 3 aromatic rings. The van der Waals surface area contributed by atoms with Gasteiger partial charge in [0, 0.05) is 16.4 Å². The average molecular weight is 411 g/mol. The molecular formula is C21H21N3O4S. The molecule has 0 aliphatic carbocycles. The molecule has 1 amide bonds. The Morgan fingerprint density at radius 1 is 1.10 bits per heavy atom. The van der Waals surface area contributed by atoms with Crippen LogP contribution in [0.15, 0.2) is 42.5 Å². The summed E-state index contributed by atoms with van der Waals surface area (Å²) in [5, 5.41) is 7.58. The SMILES string of the molecule is COc1cccc(C(=O)Nc2c3c(nn2-c2ccc(C)cc2)CS(=O)C3)c1OC. The molecule has 0 fully saturated rings. The molecule has 0 spiro atoms.